The number of rotatable bonds is 5. The molecule has 10 aromatic carbocycles. The van der Waals surface area contributed by atoms with E-state index in [1.165, 1.54) is 85.2 Å². The van der Waals surface area contributed by atoms with E-state index in [4.69, 9.17) is 0 Å². The van der Waals surface area contributed by atoms with Crippen molar-refractivity contribution in [1.82, 2.24) is 0 Å². The maximum atomic E-state index is 3.91. The number of halogens is 1. The minimum atomic E-state index is -0.706. The Morgan fingerprint density at radius 1 is 0.368 bits per heavy atom. The fourth-order valence-electron chi connectivity index (χ4n) is 10.8. The molecule has 0 saturated heterocycles. The second-order valence-corrected chi connectivity index (χ2v) is 20.6. The van der Waals surface area contributed by atoms with Gasteiger partial charge >= 0.3 is 412 Å². The normalized spacial score (nSPS) is 13.1. The molecule has 0 unspecified atom stereocenters. The summed E-state index contributed by atoms with van der Waals surface area (Å²) in [5, 5.41) is 7.64. The van der Waals surface area contributed by atoms with Crippen LogP contribution in [0.15, 0.2) is 243 Å². The number of nitrogens with zero attached hydrogens (tertiary/aromatic N) is 2. The molecule has 0 aromatic heterocycles. The van der Waals surface area contributed by atoms with Crippen molar-refractivity contribution in [1.29, 1.82) is 0 Å². The molecule has 0 atom stereocenters. The van der Waals surface area contributed by atoms with Crippen LogP contribution in [0.2, 0.25) is 0 Å². The summed E-state index contributed by atoms with van der Waals surface area (Å²) >= 11 is -0.706. The molecule has 0 aliphatic carbocycles. The van der Waals surface area contributed by atoms with E-state index in [2.05, 4.69) is 263 Å². The monoisotopic (exact) mass is 981 g/mol. The first-order valence-electron chi connectivity index (χ1n) is 23.4. The van der Waals surface area contributed by atoms with Crippen LogP contribution in [0.1, 0.15) is 11.1 Å². The summed E-state index contributed by atoms with van der Waals surface area (Å²) in [4.78, 5) is 5.06. The number of anilines is 10. The van der Waals surface area contributed by atoms with Crippen molar-refractivity contribution in [3.05, 3.63) is 261 Å². The molecule has 3 heterocycles. The van der Waals surface area contributed by atoms with Crippen molar-refractivity contribution in [2.75, 3.05) is 20.4 Å². The molecular formula is C61H44B2IN4-. The quantitative estimate of drug-likeness (QED) is 0.136. The zero-order chi connectivity index (χ0) is 45.0. The molecule has 0 amide bonds. The Labute approximate surface area is 409 Å². The Bertz CT molecular complexity index is 3380. The molecule has 4 nitrogen and oxygen atoms in total. The minimum absolute atomic E-state index is 0.120. The third kappa shape index (κ3) is 7.08. The standard InChI is InChI=1S/C61H44B2IN4/c1-3-20-44(21-4-1)62(45-22-5-2-6-23-45)46-34-36-47(37-35-46)67-57-30-13-7-18-42(57)40-43-19-8-14-31-58(43)68(60-33-16-11-26-52(60)64-51-25-10-15-32-59(51)67)48-38-39-50-56(41-48)66-55-29-17-28-54-61(55)63(50)49-24-9-12-27-53(49)65-54/h1-39,41,65-66H,40H2/q-1. The van der Waals surface area contributed by atoms with Crippen molar-refractivity contribution < 1.29 is 21.2 Å². The van der Waals surface area contributed by atoms with Crippen LogP contribution in [0.5, 0.6) is 0 Å². The predicted octanol–water partition coefficient (Wildman–Crippen LogP) is 7.81. The Morgan fingerprint density at radius 3 is 1.46 bits per heavy atom. The van der Waals surface area contributed by atoms with Gasteiger partial charge in [-0.2, -0.15) is 0 Å². The van der Waals surface area contributed by atoms with Crippen LogP contribution in [0, 0.1) is 7.14 Å². The van der Waals surface area contributed by atoms with Crippen molar-refractivity contribution in [2.24, 2.45) is 0 Å². The molecule has 0 saturated carbocycles. The second-order valence-electron chi connectivity index (χ2n) is 17.8. The van der Waals surface area contributed by atoms with E-state index in [-0.39, 0.29) is 13.4 Å². The summed E-state index contributed by atoms with van der Waals surface area (Å²) in [6, 6.07) is 89.9. The molecular weight excluding hydrogens is 937 g/mol. The zero-order valence-electron chi connectivity index (χ0n) is 37.2. The van der Waals surface area contributed by atoms with E-state index in [1.54, 1.807) is 0 Å². The van der Waals surface area contributed by atoms with Gasteiger partial charge < -0.3 is 0 Å². The van der Waals surface area contributed by atoms with Gasteiger partial charge in [-0.25, -0.2) is 0 Å². The fourth-order valence-corrected chi connectivity index (χ4v) is 13.6. The van der Waals surface area contributed by atoms with E-state index >= 15 is 0 Å². The Kier molecular flexibility index (Phi) is 10.2. The molecule has 13 rings (SSSR count). The molecule has 3 aliphatic heterocycles. The third-order valence-electron chi connectivity index (χ3n) is 13.8. The van der Waals surface area contributed by atoms with E-state index < -0.39 is 21.2 Å². The summed E-state index contributed by atoms with van der Waals surface area (Å²) in [5.74, 6) is 0. The van der Waals surface area contributed by atoms with E-state index in [1.807, 2.05) is 0 Å². The second kappa shape index (κ2) is 17.2. The van der Waals surface area contributed by atoms with E-state index in [9.17, 15) is 0 Å². The molecule has 3 aliphatic rings. The number of nitrogens with one attached hydrogen (secondary N) is 2. The number of hydrogen-bond acceptors (Lipinski definition) is 4. The van der Waals surface area contributed by atoms with Crippen LogP contribution < -0.4 is 74.4 Å². The Morgan fingerprint density at radius 2 is 0.824 bits per heavy atom. The Hall–Kier alpha value is -7.74. The van der Waals surface area contributed by atoms with Crippen molar-refractivity contribution >= 4 is 103 Å². The van der Waals surface area contributed by atoms with Gasteiger partial charge in [0, 0.05) is 0 Å². The van der Waals surface area contributed by atoms with Crippen molar-refractivity contribution in [2.45, 2.75) is 6.42 Å². The maximum absolute atomic E-state index is 3.91. The Balaban J connectivity index is 0.960. The van der Waals surface area contributed by atoms with Gasteiger partial charge in [-0.15, -0.1) is 0 Å². The van der Waals surface area contributed by atoms with E-state index in [0.29, 0.717) is 0 Å². The fraction of sp³-hybridized carbons (Fsp3) is 0.0164. The van der Waals surface area contributed by atoms with Gasteiger partial charge in [-0.1, -0.05) is 0 Å². The van der Waals surface area contributed by atoms with Crippen LogP contribution in [-0.4, -0.2) is 13.4 Å². The molecule has 322 valence electrons. The van der Waals surface area contributed by atoms with Gasteiger partial charge in [0.25, 0.3) is 0 Å². The van der Waals surface area contributed by atoms with Crippen LogP contribution in [0.25, 0.3) is 0 Å². The molecule has 68 heavy (non-hydrogen) atoms. The summed E-state index contributed by atoms with van der Waals surface area (Å²) < 4.78 is 2.72. The average Bonchev–Trinajstić information content (AvgIpc) is 3.39. The van der Waals surface area contributed by atoms with Crippen LogP contribution in [0.4, 0.5) is 56.9 Å². The SMILES string of the molecule is c1ccc(B(c2ccccc2)c2ccc(N3c4ccccc4Cc4ccccc4N(c4ccc5c(c4)Nc4cccc6c4B5c4ccccc4N6)c4ccccc4[I-]c4ccccc43)cc2)cc1. The van der Waals surface area contributed by atoms with Gasteiger partial charge in [0.15, 0.2) is 0 Å². The van der Waals surface area contributed by atoms with Crippen LogP contribution in [-0.2, 0) is 6.42 Å². The van der Waals surface area contributed by atoms with Crippen molar-refractivity contribution in [3.63, 3.8) is 0 Å². The molecule has 0 bridgehead atoms. The summed E-state index contributed by atoms with van der Waals surface area (Å²) in [6.45, 7) is 0.247. The average molecular weight is 982 g/mol. The topological polar surface area (TPSA) is 30.5 Å². The van der Waals surface area contributed by atoms with Gasteiger partial charge in [0.05, 0.1) is 0 Å². The van der Waals surface area contributed by atoms with Gasteiger partial charge in [0.2, 0.25) is 0 Å². The number of para-hydroxylation sites is 5. The molecule has 10 aromatic rings. The number of benzene rings is 10. The first-order chi connectivity index (χ1) is 33.7. The van der Waals surface area contributed by atoms with Crippen LogP contribution in [0.3, 0.4) is 0 Å². The molecule has 0 spiro atoms. The van der Waals surface area contributed by atoms with Crippen molar-refractivity contribution in [3.8, 4) is 0 Å². The predicted molar refractivity (Wildman–Crippen MR) is 284 cm³/mol. The van der Waals surface area contributed by atoms with Crippen LogP contribution >= 0.6 is 0 Å². The number of fused-ring (bicyclic) bond motifs is 8. The first-order valence-corrected chi connectivity index (χ1v) is 25.6. The number of hydrogen-bond donors (Lipinski definition) is 2. The van der Waals surface area contributed by atoms with Gasteiger partial charge in [-0.05, 0) is 0 Å². The summed E-state index contributed by atoms with van der Waals surface area (Å²) in [7, 11) is 0. The zero-order valence-corrected chi connectivity index (χ0v) is 39.4. The molecule has 7 heteroatoms. The third-order valence-corrected chi connectivity index (χ3v) is 16.8. The molecule has 2 N–H and O–H groups in total. The summed E-state index contributed by atoms with van der Waals surface area (Å²) in [5.41, 5.74) is 22.0. The molecule has 0 radical (unpaired) electrons. The molecule has 0 fully saturated rings. The first kappa shape index (κ1) is 40.5. The van der Waals surface area contributed by atoms with Gasteiger partial charge in [0.1, 0.15) is 0 Å². The van der Waals surface area contributed by atoms with Gasteiger partial charge in [-0.3, -0.25) is 0 Å². The summed E-state index contributed by atoms with van der Waals surface area (Å²) in [6.07, 6.45) is 0.742. The van der Waals surface area contributed by atoms with E-state index in [0.717, 1.165) is 29.2 Å².